The number of aryl methyl sites for hydroxylation is 1. The number of unbranched alkanes of at least 4 members (excludes halogenated alkanes) is 1. The van der Waals surface area contributed by atoms with Gasteiger partial charge < -0.3 is 0 Å². The molecule has 19 heavy (non-hydrogen) atoms. The van der Waals surface area contributed by atoms with Crippen molar-refractivity contribution in [3.63, 3.8) is 0 Å². The van der Waals surface area contributed by atoms with Gasteiger partial charge in [0.15, 0.2) is 0 Å². The predicted molar refractivity (Wildman–Crippen MR) is 84.1 cm³/mol. The van der Waals surface area contributed by atoms with Crippen LogP contribution in [0, 0.1) is 0 Å². The van der Waals surface area contributed by atoms with Gasteiger partial charge in [0, 0.05) is 17.5 Å². The van der Waals surface area contributed by atoms with Crippen LogP contribution in [0.25, 0.3) is 0 Å². The van der Waals surface area contributed by atoms with E-state index in [4.69, 9.17) is 11.6 Å². The molecule has 0 aliphatic carbocycles. The Balaban J connectivity index is 1.68. The molecule has 0 bridgehead atoms. The lowest BCUT2D eigenvalue weighted by molar-refractivity contribution is 0.101. The number of thiazole rings is 1. The normalized spacial score (nSPS) is 24.8. The van der Waals surface area contributed by atoms with Crippen LogP contribution in [0.5, 0.6) is 0 Å². The van der Waals surface area contributed by atoms with Crippen LogP contribution in [-0.2, 0) is 12.3 Å². The molecule has 2 atom stereocenters. The molecule has 1 saturated heterocycles. The van der Waals surface area contributed by atoms with Crippen molar-refractivity contribution in [2.75, 3.05) is 6.54 Å². The highest BCUT2D eigenvalue weighted by molar-refractivity contribution is 7.09. The summed E-state index contributed by atoms with van der Waals surface area (Å²) in [6, 6.07) is 1.54. The highest BCUT2D eigenvalue weighted by atomic mass is 35.5. The molecule has 0 spiro atoms. The number of hydrogen-bond donors (Lipinski definition) is 0. The topological polar surface area (TPSA) is 16.1 Å². The molecular weight excluding hydrogens is 276 g/mol. The number of nitrogens with zero attached hydrogens (tertiary/aromatic N) is 2. The minimum absolute atomic E-state index is 0.541. The molecule has 108 valence electrons. The molecule has 2 heterocycles. The summed E-state index contributed by atoms with van der Waals surface area (Å²) in [4.78, 5) is 7.21. The van der Waals surface area contributed by atoms with Crippen LogP contribution in [0.15, 0.2) is 5.38 Å². The van der Waals surface area contributed by atoms with E-state index in [2.05, 4.69) is 29.1 Å². The number of piperidine rings is 1. The van der Waals surface area contributed by atoms with Crippen molar-refractivity contribution in [1.29, 1.82) is 0 Å². The molecule has 1 aliphatic rings. The van der Waals surface area contributed by atoms with E-state index in [1.807, 2.05) is 0 Å². The van der Waals surface area contributed by atoms with Crippen LogP contribution >= 0.6 is 22.9 Å². The van der Waals surface area contributed by atoms with E-state index in [1.165, 1.54) is 43.7 Å². The maximum absolute atomic E-state index is 5.77. The molecule has 0 N–H and O–H groups in total. The SMILES string of the molecule is C[C@@H]1CCC[C@H](C)N1CCCCc1nc(CCl)cs1. The van der Waals surface area contributed by atoms with Crippen molar-refractivity contribution >= 4 is 22.9 Å². The Kier molecular flexibility index (Phi) is 6.11. The minimum Gasteiger partial charge on any atom is -0.298 e. The van der Waals surface area contributed by atoms with Crippen molar-refractivity contribution in [2.24, 2.45) is 0 Å². The van der Waals surface area contributed by atoms with E-state index >= 15 is 0 Å². The summed E-state index contributed by atoms with van der Waals surface area (Å²) in [6.07, 6.45) is 7.78. The van der Waals surface area contributed by atoms with E-state index in [-0.39, 0.29) is 0 Å². The fourth-order valence-corrected chi connectivity index (χ4v) is 4.08. The Bertz CT molecular complexity index is 370. The average Bonchev–Trinajstić information content (AvgIpc) is 2.85. The molecule has 1 aliphatic heterocycles. The van der Waals surface area contributed by atoms with E-state index in [9.17, 15) is 0 Å². The summed E-state index contributed by atoms with van der Waals surface area (Å²) >= 11 is 7.52. The monoisotopic (exact) mass is 300 g/mol. The standard InChI is InChI=1S/C15H25ClN2S/c1-12-6-5-7-13(2)18(12)9-4-3-8-15-17-14(10-16)11-19-15/h11-13H,3-10H2,1-2H3/t12-,13+. The van der Waals surface area contributed by atoms with E-state index in [1.54, 1.807) is 11.3 Å². The molecule has 0 amide bonds. The first kappa shape index (κ1) is 15.3. The second-order valence-electron chi connectivity index (χ2n) is 5.69. The Labute approximate surface area is 126 Å². The smallest absolute Gasteiger partial charge is 0.0928 e. The van der Waals surface area contributed by atoms with Crippen molar-refractivity contribution in [3.8, 4) is 0 Å². The lowest BCUT2D eigenvalue weighted by Crippen LogP contribution is -2.44. The Hall–Kier alpha value is -0.120. The Morgan fingerprint density at radius 3 is 2.68 bits per heavy atom. The molecule has 1 aromatic rings. The maximum Gasteiger partial charge on any atom is 0.0928 e. The Morgan fingerprint density at radius 2 is 2.05 bits per heavy atom. The van der Waals surface area contributed by atoms with Crippen molar-refractivity contribution in [3.05, 3.63) is 16.1 Å². The zero-order valence-electron chi connectivity index (χ0n) is 12.1. The van der Waals surface area contributed by atoms with Gasteiger partial charge in [0.1, 0.15) is 0 Å². The number of likely N-dealkylation sites (tertiary alicyclic amines) is 1. The van der Waals surface area contributed by atoms with Crippen LogP contribution in [-0.4, -0.2) is 28.5 Å². The van der Waals surface area contributed by atoms with Crippen LogP contribution in [0.1, 0.15) is 56.7 Å². The molecule has 0 radical (unpaired) electrons. The van der Waals surface area contributed by atoms with Crippen LogP contribution in [0.4, 0.5) is 0 Å². The van der Waals surface area contributed by atoms with Crippen LogP contribution in [0.2, 0.25) is 0 Å². The van der Waals surface area contributed by atoms with Crippen LogP contribution in [0.3, 0.4) is 0 Å². The highest BCUT2D eigenvalue weighted by Gasteiger charge is 2.23. The lowest BCUT2D eigenvalue weighted by atomic mass is 9.97. The first-order chi connectivity index (χ1) is 9.20. The summed E-state index contributed by atoms with van der Waals surface area (Å²) in [5, 5.41) is 3.33. The zero-order chi connectivity index (χ0) is 13.7. The molecular formula is C15H25ClN2S. The van der Waals surface area contributed by atoms with Gasteiger partial charge in [-0.05, 0) is 52.5 Å². The van der Waals surface area contributed by atoms with Gasteiger partial charge in [-0.2, -0.15) is 0 Å². The first-order valence-corrected chi connectivity index (χ1v) is 8.87. The first-order valence-electron chi connectivity index (χ1n) is 7.45. The van der Waals surface area contributed by atoms with E-state index in [0.29, 0.717) is 5.88 Å². The summed E-state index contributed by atoms with van der Waals surface area (Å²) in [5.41, 5.74) is 1.03. The third-order valence-electron chi connectivity index (χ3n) is 4.17. The van der Waals surface area contributed by atoms with Gasteiger partial charge >= 0.3 is 0 Å². The van der Waals surface area contributed by atoms with Gasteiger partial charge in [0.25, 0.3) is 0 Å². The molecule has 0 saturated carbocycles. The van der Waals surface area contributed by atoms with Crippen molar-refractivity contribution in [1.82, 2.24) is 9.88 Å². The fourth-order valence-electron chi connectivity index (χ4n) is 3.01. The number of rotatable bonds is 6. The Morgan fingerprint density at radius 1 is 1.32 bits per heavy atom. The largest absolute Gasteiger partial charge is 0.298 e. The minimum atomic E-state index is 0.541. The van der Waals surface area contributed by atoms with Gasteiger partial charge in [-0.1, -0.05) is 6.42 Å². The molecule has 0 aromatic carbocycles. The van der Waals surface area contributed by atoms with E-state index < -0.39 is 0 Å². The van der Waals surface area contributed by atoms with Gasteiger partial charge in [0.2, 0.25) is 0 Å². The van der Waals surface area contributed by atoms with Gasteiger partial charge in [-0.25, -0.2) is 4.98 Å². The second kappa shape index (κ2) is 7.61. The zero-order valence-corrected chi connectivity index (χ0v) is 13.6. The predicted octanol–water partition coefficient (Wildman–Crippen LogP) is 4.47. The van der Waals surface area contributed by atoms with Crippen molar-refractivity contribution in [2.45, 2.75) is 70.3 Å². The molecule has 2 nitrogen and oxygen atoms in total. The molecule has 2 rings (SSSR count). The van der Waals surface area contributed by atoms with Crippen LogP contribution < -0.4 is 0 Å². The molecule has 1 fully saturated rings. The molecule has 4 heteroatoms. The lowest BCUT2D eigenvalue weighted by Gasteiger charge is -2.39. The number of alkyl halides is 1. The number of halogens is 1. The van der Waals surface area contributed by atoms with Gasteiger partial charge in [0.05, 0.1) is 16.6 Å². The average molecular weight is 301 g/mol. The van der Waals surface area contributed by atoms with Gasteiger partial charge in [-0.15, -0.1) is 22.9 Å². The second-order valence-corrected chi connectivity index (χ2v) is 6.90. The highest BCUT2D eigenvalue weighted by Crippen LogP contribution is 2.23. The molecule has 1 aromatic heterocycles. The maximum atomic E-state index is 5.77. The number of hydrogen-bond acceptors (Lipinski definition) is 3. The third kappa shape index (κ3) is 4.44. The summed E-state index contributed by atoms with van der Waals surface area (Å²) in [6.45, 7) is 6.00. The number of aromatic nitrogens is 1. The molecule has 0 unspecified atom stereocenters. The van der Waals surface area contributed by atoms with Gasteiger partial charge in [-0.3, -0.25) is 4.90 Å². The quantitative estimate of drug-likeness (QED) is 0.569. The fraction of sp³-hybridized carbons (Fsp3) is 0.800. The van der Waals surface area contributed by atoms with Crippen molar-refractivity contribution < 1.29 is 0 Å². The van der Waals surface area contributed by atoms with E-state index in [0.717, 1.165) is 24.2 Å². The summed E-state index contributed by atoms with van der Waals surface area (Å²) in [5.74, 6) is 0.541. The third-order valence-corrected chi connectivity index (χ3v) is 5.40. The summed E-state index contributed by atoms with van der Waals surface area (Å²) in [7, 11) is 0. The summed E-state index contributed by atoms with van der Waals surface area (Å²) < 4.78 is 0.